The van der Waals surface area contributed by atoms with Gasteiger partial charge in [-0.15, -0.1) is 11.3 Å². The van der Waals surface area contributed by atoms with Gasteiger partial charge in [-0.25, -0.2) is 9.80 Å². The Morgan fingerprint density at radius 2 is 2.00 bits per heavy atom. The first-order chi connectivity index (χ1) is 18.4. The van der Waals surface area contributed by atoms with Gasteiger partial charge in [-0.1, -0.05) is 30.3 Å². The first-order valence-electron chi connectivity index (χ1n) is 11.8. The standard InChI is InChI=1S/C26H27N5O6S/c1-36-13-12-29(26(33)27-20-9-3-4-10-23(20)37-2)17-25(32)30-22(16-21(28-30)24-11-6-14-38-24)18-7-5-8-19(15-18)31(34)35/h3-11,14-15,22H,12-13,16-17H2,1-2H3,(H,27,33)/t22-/m0/s1. The SMILES string of the molecule is COCCN(CC(=O)N1N=C(c2cccs2)C[C@H]1c1cccc([N+](=O)[O-])c1)C(=O)Nc1ccccc1OC. The summed E-state index contributed by atoms with van der Waals surface area (Å²) in [5, 5.41) is 22.0. The fourth-order valence-electron chi connectivity index (χ4n) is 4.07. The molecule has 0 saturated carbocycles. The van der Waals surface area contributed by atoms with E-state index in [-0.39, 0.29) is 25.4 Å². The highest BCUT2D eigenvalue weighted by molar-refractivity contribution is 7.12. The number of carbonyl (C=O) groups excluding carboxylic acids is 2. The summed E-state index contributed by atoms with van der Waals surface area (Å²) in [6.07, 6.45) is 0.388. The summed E-state index contributed by atoms with van der Waals surface area (Å²) in [7, 11) is 3.01. The number of anilines is 1. The van der Waals surface area contributed by atoms with E-state index in [9.17, 15) is 19.7 Å². The molecule has 1 aromatic heterocycles. The number of ether oxygens (including phenoxy) is 2. The van der Waals surface area contributed by atoms with Gasteiger partial charge in [0.15, 0.2) is 0 Å². The molecule has 0 radical (unpaired) electrons. The highest BCUT2D eigenvalue weighted by Crippen LogP contribution is 2.35. The van der Waals surface area contributed by atoms with Crippen LogP contribution in [0.25, 0.3) is 0 Å². The number of methoxy groups -OCH3 is 2. The molecule has 0 saturated heterocycles. The van der Waals surface area contributed by atoms with Crippen LogP contribution in [0.2, 0.25) is 0 Å². The van der Waals surface area contributed by atoms with E-state index in [4.69, 9.17) is 9.47 Å². The van der Waals surface area contributed by atoms with E-state index in [2.05, 4.69) is 10.4 Å². The van der Waals surface area contributed by atoms with Crippen molar-refractivity contribution < 1.29 is 24.0 Å². The van der Waals surface area contributed by atoms with Crippen molar-refractivity contribution in [1.82, 2.24) is 9.91 Å². The van der Waals surface area contributed by atoms with Gasteiger partial charge in [0.1, 0.15) is 12.3 Å². The Labute approximate surface area is 223 Å². The first-order valence-corrected chi connectivity index (χ1v) is 12.6. The van der Waals surface area contributed by atoms with Crippen molar-refractivity contribution in [2.24, 2.45) is 5.10 Å². The summed E-state index contributed by atoms with van der Waals surface area (Å²) in [5.41, 5.74) is 1.68. The zero-order chi connectivity index (χ0) is 27.1. The summed E-state index contributed by atoms with van der Waals surface area (Å²) in [4.78, 5) is 39.9. The zero-order valence-corrected chi connectivity index (χ0v) is 21.7. The Morgan fingerprint density at radius 1 is 1.18 bits per heavy atom. The Hall–Kier alpha value is -4.29. The van der Waals surface area contributed by atoms with Crippen LogP contribution < -0.4 is 10.1 Å². The Morgan fingerprint density at radius 3 is 2.71 bits per heavy atom. The highest BCUT2D eigenvalue weighted by Gasteiger charge is 2.35. The highest BCUT2D eigenvalue weighted by atomic mass is 32.1. The topological polar surface area (TPSA) is 127 Å². The van der Waals surface area contributed by atoms with Crippen molar-refractivity contribution >= 4 is 40.4 Å². The molecular formula is C26H27N5O6S. The molecule has 12 heteroatoms. The minimum absolute atomic E-state index is 0.0719. The second kappa shape index (κ2) is 12.3. The second-order valence-electron chi connectivity index (χ2n) is 8.38. The number of hydrazone groups is 1. The fraction of sp³-hybridized carbons (Fsp3) is 0.269. The third-order valence-electron chi connectivity index (χ3n) is 5.96. The van der Waals surface area contributed by atoms with Crippen LogP contribution in [0.15, 0.2) is 71.1 Å². The van der Waals surface area contributed by atoms with Gasteiger partial charge in [-0.05, 0) is 29.1 Å². The second-order valence-corrected chi connectivity index (χ2v) is 9.33. The van der Waals surface area contributed by atoms with Gasteiger partial charge in [0.25, 0.3) is 11.6 Å². The molecule has 11 nitrogen and oxygen atoms in total. The number of hydrogen-bond donors (Lipinski definition) is 1. The van der Waals surface area contributed by atoms with Crippen molar-refractivity contribution in [2.45, 2.75) is 12.5 Å². The normalized spacial score (nSPS) is 14.6. The number of thiophene rings is 1. The predicted molar refractivity (Wildman–Crippen MR) is 144 cm³/mol. The smallest absolute Gasteiger partial charge is 0.322 e. The molecule has 2 heterocycles. The molecule has 1 atom stereocenters. The number of nitro groups is 1. The lowest BCUT2D eigenvalue weighted by molar-refractivity contribution is -0.385. The number of para-hydroxylation sites is 2. The van der Waals surface area contributed by atoms with Crippen molar-refractivity contribution in [2.75, 3.05) is 39.2 Å². The van der Waals surface area contributed by atoms with Gasteiger partial charge in [0.05, 0.1) is 41.0 Å². The van der Waals surface area contributed by atoms with E-state index in [1.807, 2.05) is 17.5 Å². The van der Waals surface area contributed by atoms with Gasteiger partial charge in [0, 0.05) is 32.2 Å². The van der Waals surface area contributed by atoms with Gasteiger partial charge in [-0.2, -0.15) is 5.10 Å². The van der Waals surface area contributed by atoms with E-state index in [0.717, 1.165) is 4.88 Å². The van der Waals surface area contributed by atoms with E-state index in [1.165, 1.54) is 47.6 Å². The van der Waals surface area contributed by atoms with E-state index in [1.54, 1.807) is 36.4 Å². The number of urea groups is 1. The molecule has 0 bridgehead atoms. The molecule has 1 aliphatic rings. The summed E-state index contributed by atoms with van der Waals surface area (Å²) >= 11 is 1.49. The molecule has 0 unspecified atom stereocenters. The van der Waals surface area contributed by atoms with Crippen LogP contribution >= 0.6 is 11.3 Å². The number of rotatable bonds is 10. The number of non-ortho nitro benzene ring substituents is 1. The van der Waals surface area contributed by atoms with Crippen molar-refractivity contribution in [1.29, 1.82) is 0 Å². The van der Waals surface area contributed by atoms with Crippen LogP contribution in [-0.4, -0.2) is 66.4 Å². The molecule has 1 aliphatic heterocycles. The quantitative estimate of drug-likeness (QED) is 0.299. The summed E-state index contributed by atoms with van der Waals surface area (Å²) < 4.78 is 10.5. The van der Waals surface area contributed by atoms with Gasteiger partial charge >= 0.3 is 6.03 Å². The fourth-order valence-corrected chi connectivity index (χ4v) is 4.79. The molecule has 2 aromatic carbocycles. The molecule has 4 rings (SSSR count). The average molecular weight is 538 g/mol. The van der Waals surface area contributed by atoms with Crippen molar-refractivity contribution in [3.05, 3.63) is 86.6 Å². The minimum atomic E-state index is -0.555. The van der Waals surface area contributed by atoms with Crippen LogP contribution in [0.3, 0.4) is 0 Å². The van der Waals surface area contributed by atoms with E-state index in [0.29, 0.717) is 29.1 Å². The largest absolute Gasteiger partial charge is 0.495 e. The number of amides is 3. The van der Waals surface area contributed by atoms with Gasteiger partial charge in [-0.3, -0.25) is 14.9 Å². The van der Waals surface area contributed by atoms with Crippen molar-refractivity contribution in [3.63, 3.8) is 0 Å². The molecule has 0 aliphatic carbocycles. The van der Waals surface area contributed by atoms with Crippen LogP contribution in [0.5, 0.6) is 5.75 Å². The third kappa shape index (κ3) is 6.15. The maximum Gasteiger partial charge on any atom is 0.322 e. The average Bonchev–Trinajstić information content (AvgIpc) is 3.62. The Balaban J connectivity index is 1.59. The number of benzene rings is 2. The first kappa shape index (κ1) is 26.8. The Bertz CT molecular complexity index is 1330. The molecule has 198 valence electrons. The molecular weight excluding hydrogens is 510 g/mol. The number of hydrogen-bond acceptors (Lipinski definition) is 8. The third-order valence-corrected chi connectivity index (χ3v) is 6.88. The summed E-state index contributed by atoms with van der Waals surface area (Å²) in [5.74, 6) is 0.0497. The van der Waals surface area contributed by atoms with Crippen LogP contribution in [0.4, 0.5) is 16.2 Å². The van der Waals surface area contributed by atoms with Crippen molar-refractivity contribution in [3.8, 4) is 5.75 Å². The lowest BCUT2D eigenvalue weighted by atomic mass is 10.0. The molecule has 3 amide bonds. The van der Waals surface area contributed by atoms with Crippen LogP contribution in [0.1, 0.15) is 22.9 Å². The van der Waals surface area contributed by atoms with E-state index < -0.39 is 22.9 Å². The predicted octanol–water partition coefficient (Wildman–Crippen LogP) is 4.52. The maximum absolute atomic E-state index is 13.6. The number of carbonyl (C=O) groups is 2. The molecule has 38 heavy (non-hydrogen) atoms. The summed E-state index contributed by atoms with van der Waals surface area (Å²) in [6, 6.07) is 15.9. The molecule has 0 spiro atoms. The minimum Gasteiger partial charge on any atom is -0.495 e. The van der Waals surface area contributed by atoms with Gasteiger partial charge < -0.3 is 19.7 Å². The Kier molecular flexibility index (Phi) is 8.66. The molecule has 3 aromatic rings. The lowest BCUT2D eigenvalue weighted by Gasteiger charge is -2.27. The number of nitrogens with zero attached hydrogens (tertiary/aromatic N) is 4. The van der Waals surface area contributed by atoms with E-state index >= 15 is 0 Å². The maximum atomic E-state index is 13.6. The van der Waals surface area contributed by atoms with Crippen LogP contribution in [0, 0.1) is 10.1 Å². The van der Waals surface area contributed by atoms with Gasteiger partial charge in [0.2, 0.25) is 0 Å². The lowest BCUT2D eigenvalue weighted by Crippen LogP contribution is -2.44. The number of nitro benzene ring substituents is 1. The molecule has 0 fully saturated rings. The zero-order valence-electron chi connectivity index (χ0n) is 20.9. The monoisotopic (exact) mass is 537 g/mol. The molecule has 1 N–H and O–H groups in total. The number of nitrogens with one attached hydrogen (secondary N) is 1. The summed E-state index contributed by atoms with van der Waals surface area (Å²) in [6.45, 7) is 0.0850. The van der Waals surface area contributed by atoms with Crippen LogP contribution in [-0.2, 0) is 9.53 Å².